The van der Waals surface area contributed by atoms with Crippen LogP contribution >= 0.6 is 11.6 Å². The number of nitrogens with one attached hydrogen (secondary N) is 1. The summed E-state index contributed by atoms with van der Waals surface area (Å²) in [6, 6.07) is 14.9. The highest BCUT2D eigenvalue weighted by Gasteiger charge is 2.35. The van der Waals surface area contributed by atoms with Gasteiger partial charge in [0.05, 0.1) is 17.1 Å². The zero-order valence-electron chi connectivity index (χ0n) is 22.6. The number of nitrogens with zero attached hydrogens (tertiary/aromatic N) is 4. The maximum absolute atomic E-state index is 13.8. The Balaban J connectivity index is 1.25. The zero-order chi connectivity index (χ0) is 27.8. The smallest absolute Gasteiger partial charge is 0.264 e. The number of halogens is 1. The summed E-state index contributed by atoms with van der Waals surface area (Å²) in [5.74, 6) is 0.459. The molecule has 2 aliphatic rings. The van der Waals surface area contributed by atoms with Crippen molar-refractivity contribution >= 4 is 39.3 Å². The summed E-state index contributed by atoms with van der Waals surface area (Å²) in [4.78, 5) is 32.0. The second-order valence-electron chi connectivity index (χ2n) is 10.9. The van der Waals surface area contributed by atoms with Gasteiger partial charge in [-0.3, -0.25) is 19.4 Å². The predicted octanol–water partition coefficient (Wildman–Crippen LogP) is 3.67. The van der Waals surface area contributed by atoms with Crippen molar-refractivity contribution in [2.45, 2.75) is 44.3 Å². The summed E-state index contributed by atoms with van der Waals surface area (Å²) in [6.45, 7) is 5.66. The first-order valence-corrected chi connectivity index (χ1v) is 14.4. The average molecular weight is 564 g/mol. The average Bonchev–Trinajstić information content (AvgIpc) is 3.57. The van der Waals surface area contributed by atoms with E-state index < -0.39 is 6.04 Å². The molecule has 3 unspecified atom stereocenters. The third-order valence-electron chi connectivity index (χ3n) is 8.45. The molecule has 10 heteroatoms. The highest BCUT2D eigenvalue weighted by atomic mass is 35.5. The van der Waals surface area contributed by atoms with E-state index in [1.807, 2.05) is 47.0 Å². The molecule has 210 valence electrons. The lowest BCUT2D eigenvalue weighted by Gasteiger charge is -2.39. The van der Waals surface area contributed by atoms with E-state index in [-0.39, 0.29) is 30.2 Å². The van der Waals surface area contributed by atoms with Crippen LogP contribution in [0.4, 0.5) is 0 Å². The summed E-state index contributed by atoms with van der Waals surface area (Å²) in [5.41, 5.74) is 2.06. The molecule has 1 saturated carbocycles. The van der Waals surface area contributed by atoms with Crippen LogP contribution in [0.1, 0.15) is 42.7 Å². The highest BCUT2D eigenvalue weighted by molar-refractivity contribution is 6.37. The molecule has 0 spiro atoms. The number of carbonyl (C=O) groups is 1. The molecule has 1 amide bonds. The van der Waals surface area contributed by atoms with Crippen LogP contribution in [0.25, 0.3) is 21.8 Å². The van der Waals surface area contributed by atoms with Crippen molar-refractivity contribution in [2.75, 3.05) is 39.3 Å². The van der Waals surface area contributed by atoms with Gasteiger partial charge in [-0.25, -0.2) is 0 Å². The van der Waals surface area contributed by atoms with E-state index in [0.717, 1.165) is 50.1 Å². The van der Waals surface area contributed by atoms with E-state index in [1.54, 1.807) is 13.0 Å². The second kappa shape index (κ2) is 11.3. The van der Waals surface area contributed by atoms with Gasteiger partial charge >= 0.3 is 0 Å². The molecule has 1 aliphatic carbocycles. The highest BCUT2D eigenvalue weighted by Crippen LogP contribution is 2.36. The van der Waals surface area contributed by atoms with Gasteiger partial charge in [-0.05, 0) is 43.9 Å². The summed E-state index contributed by atoms with van der Waals surface area (Å²) in [5, 5.41) is 18.5. The number of rotatable bonds is 7. The van der Waals surface area contributed by atoms with E-state index >= 15 is 0 Å². The SMILES string of the molecule is Cc1onc2c1c(=O)n(C1CCC(NC(=O)C(c3ccccc3)N3CCN(CCO)CC3)C1)c1cccc(Cl)c21. The molecular formula is C30H34ClN5O4. The van der Waals surface area contributed by atoms with Crippen LogP contribution < -0.4 is 10.9 Å². The topological polar surface area (TPSA) is 104 Å². The summed E-state index contributed by atoms with van der Waals surface area (Å²) in [7, 11) is 0. The number of benzene rings is 2. The maximum atomic E-state index is 13.8. The largest absolute Gasteiger partial charge is 0.395 e. The van der Waals surface area contributed by atoms with Crippen molar-refractivity contribution < 1.29 is 14.4 Å². The first-order valence-electron chi connectivity index (χ1n) is 14.0. The maximum Gasteiger partial charge on any atom is 0.264 e. The van der Waals surface area contributed by atoms with Gasteiger partial charge in [-0.1, -0.05) is 53.2 Å². The van der Waals surface area contributed by atoms with Crippen LogP contribution in [0.15, 0.2) is 57.8 Å². The van der Waals surface area contributed by atoms with Crippen LogP contribution in [0.2, 0.25) is 5.02 Å². The monoisotopic (exact) mass is 563 g/mol. The number of amides is 1. The Bertz CT molecular complexity index is 1580. The van der Waals surface area contributed by atoms with Gasteiger partial charge in [0, 0.05) is 50.2 Å². The molecule has 1 saturated heterocycles. The molecule has 40 heavy (non-hydrogen) atoms. The van der Waals surface area contributed by atoms with Gasteiger partial charge in [0.15, 0.2) is 0 Å². The first-order chi connectivity index (χ1) is 19.5. The Morgan fingerprint density at radius 2 is 1.88 bits per heavy atom. The van der Waals surface area contributed by atoms with Crippen molar-refractivity contribution in [2.24, 2.45) is 0 Å². The first kappa shape index (κ1) is 27.0. The number of aromatic nitrogens is 2. The lowest BCUT2D eigenvalue weighted by molar-refractivity contribution is -0.128. The number of carbonyl (C=O) groups excluding carboxylic acids is 1. The van der Waals surface area contributed by atoms with Crippen molar-refractivity contribution in [3.63, 3.8) is 0 Å². The molecule has 0 bridgehead atoms. The quantitative estimate of drug-likeness (QED) is 0.353. The molecule has 6 rings (SSSR count). The molecule has 1 aliphatic heterocycles. The minimum absolute atomic E-state index is 0.0157. The molecule has 9 nitrogen and oxygen atoms in total. The van der Waals surface area contributed by atoms with E-state index in [1.165, 1.54) is 0 Å². The van der Waals surface area contributed by atoms with Gasteiger partial charge in [-0.15, -0.1) is 0 Å². The Hall–Kier alpha value is -3.24. The van der Waals surface area contributed by atoms with Crippen LogP contribution in [-0.4, -0.2) is 75.9 Å². The van der Waals surface area contributed by atoms with Crippen LogP contribution in [0.5, 0.6) is 0 Å². The Kier molecular flexibility index (Phi) is 7.63. The molecule has 3 heterocycles. The van der Waals surface area contributed by atoms with E-state index in [9.17, 15) is 14.7 Å². The van der Waals surface area contributed by atoms with Gasteiger partial charge in [0.2, 0.25) is 5.91 Å². The number of aryl methyl sites for hydroxylation is 1. The third kappa shape index (κ3) is 4.92. The molecule has 0 radical (unpaired) electrons. The van der Waals surface area contributed by atoms with Crippen molar-refractivity contribution in [3.8, 4) is 0 Å². The lowest BCUT2D eigenvalue weighted by atomic mass is 10.0. The fourth-order valence-corrected chi connectivity index (χ4v) is 6.75. The van der Waals surface area contributed by atoms with Crippen molar-refractivity contribution in [1.82, 2.24) is 24.8 Å². The zero-order valence-corrected chi connectivity index (χ0v) is 23.3. The summed E-state index contributed by atoms with van der Waals surface area (Å²) < 4.78 is 7.23. The molecule has 4 aromatic rings. The molecule has 2 aromatic carbocycles. The number of pyridine rings is 1. The normalized spacial score (nSPS) is 21.3. The number of hydrogen-bond donors (Lipinski definition) is 2. The van der Waals surface area contributed by atoms with E-state index in [4.69, 9.17) is 16.1 Å². The van der Waals surface area contributed by atoms with Crippen LogP contribution in [0, 0.1) is 6.92 Å². The Morgan fingerprint density at radius 3 is 2.62 bits per heavy atom. The van der Waals surface area contributed by atoms with Gasteiger partial charge in [-0.2, -0.15) is 0 Å². The molecular weight excluding hydrogens is 530 g/mol. The van der Waals surface area contributed by atoms with E-state index in [2.05, 4.69) is 20.3 Å². The lowest BCUT2D eigenvalue weighted by Crippen LogP contribution is -2.52. The number of hydrogen-bond acceptors (Lipinski definition) is 7. The Labute approximate surface area is 237 Å². The summed E-state index contributed by atoms with van der Waals surface area (Å²) in [6.07, 6.45) is 2.18. The van der Waals surface area contributed by atoms with Gasteiger partial charge < -0.3 is 19.5 Å². The predicted molar refractivity (Wildman–Crippen MR) is 155 cm³/mol. The molecule has 2 aromatic heterocycles. The molecule has 2 N–H and O–H groups in total. The Morgan fingerprint density at radius 1 is 1.10 bits per heavy atom. The third-order valence-corrected chi connectivity index (χ3v) is 8.77. The number of aliphatic hydroxyl groups is 1. The summed E-state index contributed by atoms with van der Waals surface area (Å²) >= 11 is 6.59. The minimum Gasteiger partial charge on any atom is -0.395 e. The number of β-amino-alcohol motifs (C(OH)–C–C–N with tert-alkyl or cyclic N) is 1. The number of fused-ring (bicyclic) bond motifs is 3. The second-order valence-corrected chi connectivity index (χ2v) is 11.3. The fourth-order valence-electron chi connectivity index (χ4n) is 6.49. The standard InChI is InChI=1S/C30H34ClN5O4/c1-19-25-27(33-40-19)26-23(31)8-5-9-24(26)36(30(25)39)22-11-10-21(18-22)32-29(38)28(20-6-3-2-4-7-20)35-14-12-34(13-15-35)16-17-37/h2-9,21-22,28,37H,10-18H2,1H3,(H,32,38). The van der Waals surface area contributed by atoms with Gasteiger partial charge in [0.1, 0.15) is 22.7 Å². The molecule has 3 atom stereocenters. The van der Waals surface area contributed by atoms with Crippen LogP contribution in [-0.2, 0) is 4.79 Å². The van der Waals surface area contributed by atoms with Crippen molar-refractivity contribution in [3.05, 3.63) is 75.2 Å². The van der Waals surface area contributed by atoms with Crippen molar-refractivity contribution in [1.29, 1.82) is 0 Å². The van der Waals surface area contributed by atoms with Gasteiger partial charge in [0.25, 0.3) is 5.56 Å². The molecule has 2 fully saturated rings. The minimum atomic E-state index is -0.394. The fraction of sp³-hybridized carbons (Fsp3) is 0.433. The number of aliphatic hydroxyl groups excluding tert-OH is 1. The number of piperazine rings is 1. The van der Waals surface area contributed by atoms with E-state index in [0.29, 0.717) is 40.0 Å². The van der Waals surface area contributed by atoms with Crippen LogP contribution in [0.3, 0.4) is 0 Å².